The average Bonchev–Trinajstić information content (AvgIpc) is 3.31. The molecule has 0 bridgehead atoms. The lowest BCUT2D eigenvalue weighted by molar-refractivity contribution is 0.0763. The van der Waals surface area contributed by atoms with Crippen LogP contribution in [0.3, 0.4) is 0 Å². The number of hydrogen-bond donors (Lipinski definition) is 1. The van der Waals surface area contributed by atoms with E-state index in [9.17, 15) is 18.8 Å². The molecule has 1 aliphatic rings. The van der Waals surface area contributed by atoms with Gasteiger partial charge in [-0.2, -0.15) is 0 Å². The molecule has 0 aromatic heterocycles. The summed E-state index contributed by atoms with van der Waals surface area (Å²) in [5.74, 6) is -0.391. The molecule has 4 aromatic carbocycles. The summed E-state index contributed by atoms with van der Waals surface area (Å²) >= 11 is 0. The minimum absolute atomic E-state index is 0.0488. The van der Waals surface area contributed by atoms with Gasteiger partial charge in [-0.15, -0.1) is 0 Å². The first-order valence-electron chi connectivity index (χ1n) is 14.5. The number of halogens is 1. The summed E-state index contributed by atoms with van der Waals surface area (Å²) in [5.41, 5.74) is 3.51. The Balaban J connectivity index is 1.38. The van der Waals surface area contributed by atoms with Gasteiger partial charge < -0.3 is 24.8 Å². The molecule has 0 spiro atoms. The van der Waals surface area contributed by atoms with E-state index in [4.69, 9.17) is 4.74 Å². The highest BCUT2D eigenvalue weighted by atomic mass is 19.1. The van der Waals surface area contributed by atoms with Crippen LogP contribution < -0.4 is 15.0 Å². The van der Waals surface area contributed by atoms with Crippen molar-refractivity contribution in [2.45, 2.75) is 13.0 Å². The highest BCUT2D eigenvalue weighted by molar-refractivity contribution is 6.06. The van der Waals surface area contributed by atoms with E-state index < -0.39 is 11.7 Å². The van der Waals surface area contributed by atoms with Crippen molar-refractivity contribution in [2.24, 2.45) is 0 Å². The Bertz CT molecular complexity index is 1610. The maximum absolute atomic E-state index is 13.9. The predicted octanol–water partition coefficient (Wildman–Crippen LogP) is 5.71. The van der Waals surface area contributed by atoms with Gasteiger partial charge in [0.15, 0.2) is 0 Å². The second-order valence-corrected chi connectivity index (χ2v) is 10.7. The molecule has 9 heteroatoms. The SMILES string of the molecule is COc1ccc(C(=O)N2CCCN(c3ccc(NC(=O)c4ccc(F)cc4)cc3C(=O)N(C)Cc3ccccc3)CC2)cc1. The number of amides is 3. The lowest BCUT2D eigenvalue weighted by Gasteiger charge is -2.28. The van der Waals surface area contributed by atoms with Crippen LogP contribution in [0.2, 0.25) is 0 Å². The Morgan fingerprint density at radius 2 is 1.55 bits per heavy atom. The molecule has 44 heavy (non-hydrogen) atoms. The number of benzene rings is 4. The molecule has 1 aliphatic heterocycles. The zero-order valence-corrected chi connectivity index (χ0v) is 24.8. The van der Waals surface area contributed by atoms with Crippen LogP contribution in [0.25, 0.3) is 0 Å². The molecule has 1 N–H and O–H groups in total. The summed E-state index contributed by atoms with van der Waals surface area (Å²) in [6.45, 7) is 2.67. The van der Waals surface area contributed by atoms with Gasteiger partial charge in [-0.3, -0.25) is 14.4 Å². The second kappa shape index (κ2) is 13.9. The van der Waals surface area contributed by atoms with Crippen LogP contribution in [0, 0.1) is 5.82 Å². The van der Waals surface area contributed by atoms with Crippen molar-refractivity contribution in [2.75, 3.05) is 50.6 Å². The van der Waals surface area contributed by atoms with Crippen molar-refractivity contribution in [3.8, 4) is 5.75 Å². The fourth-order valence-corrected chi connectivity index (χ4v) is 5.28. The lowest BCUT2D eigenvalue weighted by atomic mass is 10.1. The molecule has 226 valence electrons. The number of carbonyl (C=O) groups excluding carboxylic acids is 3. The van der Waals surface area contributed by atoms with E-state index in [2.05, 4.69) is 10.2 Å². The van der Waals surface area contributed by atoms with E-state index >= 15 is 0 Å². The molecule has 4 aromatic rings. The maximum atomic E-state index is 13.9. The molecule has 0 atom stereocenters. The third kappa shape index (κ3) is 7.23. The fraction of sp³-hybridized carbons (Fsp3) is 0.229. The number of carbonyl (C=O) groups is 3. The largest absolute Gasteiger partial charge is 0.497 e. The Morgan fingerprint density at radius 1 is 0.841 bits per heavy atom. The Morgan fingerprint density at radius 3 is 2.25 bits per heavy atom. The van der Waals surface area contributed by atoms with Crippen LogP contribution >= 0.6 is 0 Å². The minimum atomic E-state index is -0.429. The first-order valence-corrected chi connectivity index (χ1v) is 14.5. The molecule has 0 saturated carbocycles. The van der Waals surface area contributed by atoms with Crippen molar-refractivity contribution in [1.82, 2.24) is 9.80 Å². The Labute approximate surface area is 256 Å². The fourth-order valence-electron chi connectivity index (χ4n) is 5.28. The molecule has 1 saturated heterocycles. The Kier molecular flexibility index (Phi) is 9.54. The summed E-state index contributed by atoms with van der Waals surface area (Å²) in [5, 5.41) is 2.84. The van der Waals surface area contributed by atoms with Gasteiger partial charge in [0.25, 0.3) is 17.7 Å². The van der Waals surface area contributed by atoms with E-state index in [1.165, 1.54) is 24.3 Å². The number of nitrogens with one attached hydrogen (secondary N) is 1. The second-order valence-electron chi connectivity index (χ2n) is 10.7. The van der Waals surface area contributed by atoms with Crippen LogP contribution in [0.5, 0.6) is 5.75 Å². The van der Waals surface area contributed by atoms with Gasteiger partial charge in [-0.1, -0.05) is 30.3 Å². The zero-order chi connectivity index (χ0) is 31.1. The summed E-state index contributed by atoms with van der Waals surface area (Å²) in [6.07, 6.45) is 0.721. The standard InChI is InChI=1S/C35H35FN4O4/c1-38(24-25-7-4-3-5-8-25)35(43)31-23-29(37-33(41)26-9-13-28(36)14-10-26)15-18-32(31)39-19-6-20-40(22-21-39)34(42)27-11-16-30(44-2)17-12-27/h3-5,7-18,23H,6,19-22,24H2,1-2H3,(H,37,41). The predicted molar refractivity (Wildman–Crippen MR) is 169 cm³/mol. The number of anilines is 2. The highest BCUT2D eigenvalue weighted by Crippen LogP contribution is 2.28. The summed E-state index contributed by atoms with van der Waals surface area (Å²) in [4.78, 5) is 45.7. The van der Waals surface area contributed by atoms with Crippen LogP contribution in [-0.4, -0.2) is 67.9 Å². The van der Waals surface area contributed by atoms with Crippen molar-refractivity contribution in [1.29, 1.82) is 0 Å². The van der Waals surface area contributed by atoms with Gasteiger partial charge >= 0.3 is 0 Å². The van der Waals surface area contributed by atoms with E-state index in [1.54, 1.807) is 55.5 Å². The molecule has 5 rings (SSSR count). The van der Waals surface area contributed by atoms with Crippen LogP contribution in [0.15, 0.2) is 97.1 Å². The molecule has 1 heterocycles. The van der Waals surface area contributed by atoms with Gasteiger partial charge in [-0.25, -0.2) is 4.39 Å². The van der Waals surface area contributed by atoms with Crippen molar-refractivity contribution >= 4 is 29.1 Å². The topological polar surface area (TPSA) is 82.2 Å². The van der Waals surface area contributed by atoms with Crippen molar-refractivity contribution < 1.29 is 23.5 Å². The first-order chi connectivity index (χ1) is 21.3. The third-order valence-corrected chi connectivity index (χ3v) is 7.66. The van der Waals surface area contributed by atoms with E-state index in [1.807, 2.05) is 41.3 Å². The molecule has 3 amide bonds. The summed E-state index contributed by atoms with van der Waals surface area (Å²) in [6, 6.07) is 27.4. The maximum Gasteiger partial charge on any atom is 0.256 e. The van der Waals surface area contributed by atoms with Crippen molar-refractivity contribution in [3.63, 3.8) is 0 Å². The number of ether oxygens (including phenoxy) is 1. The Hall–Kier alpha value is -5.18. The van der Waals surface area contributed by atoms with Crippen LogP contribution in [0.1, 0.15) is 43.1 Å². The average molecular weight is 595 g/mol. The molecule has 8 nitrogen and oxygen atoms in total. The minimum Gasteiger partial charge on any atom is -0.497 e. The molecular weight excluding hydrogens is 559 g/mol. The quantitative estimate of drug-likeness (QED) is 0.283. The smallest absolute Gasteiger partial charge is 0.256 e. The van der Waals surface area contributed by atoms with Crippen LogP contribution in [-0.2, 0) is 6.54 Å². The molecule has 0 unspecified atom stereocenters. The van der Waals surface area contributed by atoms with Crippen molar-refractivity contribution in [3.05, 3.63) is 125 Å². The molecule has 0 aliphatic carbocycles. The van der Waals surface area contributed by atoms with Crippen LogP contribution in [0.4, 0.5) is 15.8 Å². The van der Waals surface area contributed by atoms with E-state index in [0.29, 0.717) is 60.9 Å². The van der Waals surface area contributed by atoms with Gasteiger partial charge in [0.2, 0.25) is 0 Å². The summed E-state index contributed by atoms with van der Waals surface area (Å²) < 4.78 is 18.6. The molecule has 0 radical (unpaired) electrons. The number of methoxy groups -OCH3 is 1. The highest BCUT2D eigenvalue weighted by Gasteiger charge is 2.25. The van der Waals surface area contributed by atoms with E-state index in [0.717, 1.165) is 17.7 Å². The number of nitrogens with zero attached hydrogens (tertiary/aromatic N) is 3. The van der Waals surface area contributed by atoms with Gasteiger partial charge in [0, 0.05) is 62.3 Å². The van der Waals surface area contributed by atoms with E-state index in [-0.39, 0.29) is 11.8 Å². The van der Waals surface area contributed by atoms with Gasteiger partial charge in [0.05, 0.1) is 12.7 Å². The van der Waals surface area contributed by atoms with Gasteiger partial charge in [-0.05, 0) is 78.7 Å². The molecule has 1 fully saturated rings. The monoisotopic (exact) mass is 594 g/mol. The number of hydrogen-bond acceptors (Lipinski definition) is 5. The zero-order valence-electron chi connectivity index (χ0n) is 24.8. The first kappa shape index (κ1) is 30.3. The summed E-state index contributed by atoms with van der Waals surface area (Å²) in [7, 11) is 3.34. The normalized spacial score (nSPS) is 13.2. The third-order valence-electron chi connectivity index (χ3n) is 7.66. The van der Waals surface area contributed by atoms with Gasteiger partial charge in [0.1, 0.15) is 11.6 Å². The number of rotatable bonds is 8. The molecular formula is C35H35FN4O4. The lowest BCUT2D eigenvalue weighted by Crippen LogP contribution is -2.36.